The van der Waals surface area contributed by atoms with Gasteiger partial charge in [-0.3, -0.25) is 4.79 Å². The lowest BCUT2D eigenvalue weighted by Crippen LogP contribution is -2.41. The fraction of sp³-hybridized carbons (Fsp3) is 0.333. The van der Waals surface area contributed by atoms with Gasteiger partial charge in [-0.1, -0.05) is 11.6 Å². The van der Waals surface area contributed by atoms with Crippen molar-refractivity contribution in [2.75, 3.05) is 12.0 Å². The van der Waals surface area contributed by atoms with Crippen LogP contribution in [0.25, 0.3) is 0 Å². The zero-order valence-corrected chi connectivity index (χ0v) is 13.3. The van der Waals surface area contributed by atoms with E-state index in [1.54, 1.807) is 18.2 Å². The molecule has 7 heteroatoms. The van der Waals surface area contributed by atoms with Gasteiger partial charge in [0.15, 0.2) is 0 Å². The van der Waals surface area contributed by atoms with Crippen LogP contribution in [0.15, 0.2) is 22.7 Å². The lowest BCUT2D eigenvalue weighted by molar-refractivity contribution is -0.139. The smallest absolute Gasteiger partial charge is 0.326 e. The van der Waals surface area contributed by atoms with E-state index in [0.717, 1.165) is 0 Å². The lowest BCUT2D eigenvalue weighted by Gasteiger charge is -2.14. The molecule has 2 N–H and O–H groups in total. The zero-order valence-electron chi connectivity index (χ0n) is 10.2. The van der Waals surface area contributed by atoms with Gasteiger partial charge in [-0.05, 0) is 52.6 Å². The number of rotatable bonds is 6. The maximum absolute atomic E-state index is 12.0. The van der Waals surface area contributed by atoms with Crippen LogP contribution in [0.1, 0.15) is 16.8 Å². The first kappa shape index (κ1) is 16.3. The number of thioether (sulfide) groups is 1. The highest BCUT2D eigenvalue weighted by Crippen LogP contribution is 2.21. The van der Waals surface area contributed by atoms with Crippen molar-refractivity contribution in [3.8, 4) is 0 Å². The van der Waals surface area contributed by atoms with Crippen LogP contribution in [-0.2, 0) is 4.79 Å². The number of aliphatic carboxylic acids is 1. The molecule has 0 aromatic heterocycles. The fourth-order valence-electron chi connectivity index (χ4n) is 1.40. The predicted octanol–water partition coefficient (Wildman–Crippen LogP) is 3.04. The summed E-state index contributed by atoms with van der Waals surface area (Å²) in [5.74, 6) is -0.802. The van der Waals surface area contributed by atoms with Gasteiger partial charge in [0.25, 0.3) is 5.91 Å². The topological polar surface area (TPSA) is 66.4 Å². The van der Waals surface area contributed by atoms with Crippen molar-refractivity contribution in [3.63, 3.8) is 0 Å². The van der Waals surface area contributed by atoms with Gasteiger partial charge in [0, 0.05) is 9.50 Å². The Morgan fingerprint density at radius 2 is 2.21 bits per heavy atom. The van der Waals surface area contributed by atoms with E-state index in [1.807, 2.05) is 6.26 Å². The first-order chi connectivity index (χ1) is 8.95. The number of carbonyl (C=O) groups is 2. The Morgan fingerprint density at radius 1 is 1.53 bits per heavy atom. The molecular formula is C12H13BrClNO3S. The van der Waals surface area contributed by atoms with Crippen LogP contribution in [0, 0.1) is 0 Å². The highest BCUT2D eigenvalue weighted by Gasteiger charge is 2.21. The molecule has 0 aliphatic carbocycles. The van der Waals surface area contributed by atoms with E-state index in [2.05, 4.69) is 21.2 Å². The average molecular weight is 367 g/mol. The molecule has 19 heavy (non-hydrogen) atoms. The molecule has 104 valence electrons. The van der Waals surface area contributed by atoms with E-state index >= 15 is 0 Å². The monoisotopic (exact) mass is 365 g/mol. The van der Waals surface area contributed by atoms with Gasteiger partial charge in [-0.2, -0.15) is 11.8 Å². The summed E-state index contributed by atoms with van der Waals surface area (Å²) in [6, 6.07) is 3.84. The van der Waals surface area contributed by atoms with Gasteiger partial charge in [0.1, 0.15) is 6.04 Å². The molecule has 1 rings (SSSR count). The standard InChI is InChI=1S/C12H13BrClNO3S/c1-19-5-4-10(12(17)18)15-11(16)8-3-2-7(14)6-9(8)13/h2-3,6,10H,4-5H2,1H3,(H,15,16)(H,17,18). The molecule has 0 spiro atoms. The van der Waals surface area contributed by atoms with Crippen LogP contribution in [-0.4, -0.2) is 35.0 Å². The van der Waals surface area contributed by atoms with Crippen molar-refractivity contribution >= 4 is 51.2 Å². The molecule has 0 fully saturated rings. The fourth-order valence-corrected chi connectivity index (χ4v) is 2.74. The zero-order chi connectivity index (χ0) is 14.4. The second-order valence-corrected chi connectivity index (χ2v) is 6.05. The number of hydrogen-bond acceptors (Lipinski definition) is 3. The van der Waals surface area contributed by atoms with Crippen LogP contribution < -0.4 is 5.32 Å². The van der Waals surface area contributed by atoms with Crippen LogP contribution in [0.4, 0.5) is 0 Å². The number of carboxylic acids is 1. The maximum atomic E-state index is 12.0. The van der Waals surface area contributed by atoms with Crippen molar-refractivity contribution in [2.24, 2.45) is 0 Å². The third-order valence-electron chi connectivity index (χ3n) is 2.39. The molecule has 0 aliphatic rings. The molecular weight excluding hydrogens is 354 g/mol. The first-order valence-corrected chi connectivity index (χ1v) is 8.00. The largest absolute Gasteiger partial charge is 0.480 e. The molecule has 0 saturated carbocycles. The molecule has 1 aromatic carbocycles. The van der Waals surface area contributed by atoms with E-state index in [0.29, 0.717) is 27.2 Å². The molecule has 1 amide bonds. The summed E-state index contributed by atoms with van der Waals surface area (Å²) in [7, 11) is 0. The molecule has 1 unspecified atom stereocenters. The Balaban J connectivity index is 2.78. The first-order valence-electron chi connectivity index (χ1n) is 5.43. The summed E-state index contributed by atoms with van der Waals surface area (Å²) in [6.45, 7) is 0. The number of carbonyl (C=O) groups excluding carboxylic acids is 1. The Morgan fingerprint density at radius 3 is 2.74 bits per heavy atom. The summed E-state index contributed by atoms with van der Waals surface area (Å²) >= 11 is 10.6. The third kappa shape index (κ3) is 5.04. The normalized spacial score (nSPS) is 11.9. The van der Waals surface area contributed by atoms with E-state index in [9.17, 15) is 9.59 Å². The molecule has 1 atom stereocenters. The Labute approximate surface area is 129 Å². The molecule has 4 nitrogen and oxygen atoms in total. The second kappa shape index (κ2) is 7.77. The SMILES string of the molecule is CSCCC(NC(=O)c1ccc(Cl)cc1Br)C(=O)O. The van der Waals surface area contributed by atoms with E-state index in [1.165, 1.54) is 11.8 Å². The number of amides is 1. The predicted molar refractivity (Wildman–Crippen MR) is 81.0 cm³/mol. The summed E-state index contributed by atoms with van der Waals surface area (Å²) in [5, 5.41) is 12.1. The molecule has 0 heterocycles. The number of carboxylic acid groups (broad SMARTS) is 1. The number of benzene rings is 1. The number of nitrogens with one attached hydrogen (secondary N) is 1. The van der Waals surface area contributed by atoms with E-state index in [-0.39, 0.29) is 0 Å². The van der Waals surface area contributed by atoms with E-state index in [4.69, 9.17) is 16.7 Å². The van der Waals surface area contributed by atoms with Crippen LogP contribution in [0.2, 0.25) is 5.02 Å². The lowest BCUT2D eigenvalue weighted by atomic mass is 10.1. The summed E-state index contributed by atoms with van der Waals surface area (Å²) in [5.41, 5.74) is 0.361. The Kier molecular flexibility index (Phi) is 6.68. The van der Waals surface area contributed by atoms with Gasteiger partial charge < -0.3 is 10.4 Å². The molecule has 0 radical (unpaired) electrons. The summed E-state index contributed by atoms with van der Waals surface area (Å²) < 4.78 is 0.534. The molecule has 1 aromatic rings. The highest BCUT2D eigenvalue weighted by atomic mass is 79.9. The third-order valence-corrected chi connectivity index (χ3v) is 3.92. The van der Waals surface area contributed by atoms with Gasteiger partial charge in [-0.25, -0.2) is 4.79 Å². The highest BCUT2D eigenvalue weighted by molar-refractivity contribution is 9.10. The van der Waals surface area contributed by atoms with Crippen molar-refractivity contribution in [1.29, 1.82) is 0 Å². The average Bonchev–Trinajstić information content (AvgIpc) is 2.33. The minimum Gasteiger partial charge on any atom is -0.480 e. The van der Waals surface area contributed by atoms with Crippen LogP contribution in [0.3, 0.4) is 0 Å². The van der Waals surface area contributed by atoms with Gasteiger partial charge in [0.2, 0.25) is 0 Å². The van der Waals surface area contributed by atoms with Gasteiger partial charge in [-0.15, -0.1) is 0 Å². The molecule has 0 aliphatic heterocycles. The summed E-state index contributed by atoms with van der Waals surface area (Å²) in [4.78, 5) is 23.1. The minimum absolute atomic E-state index is 0.361. The van der Waals surface area contributed by atoms with E-state index < -0.39 is 17.9 Å². The van der Waals surface area contributed by atoms with Crippen molar-refractivity contribution < 1.29 is 14.7 Å². The van der Waals surface area contributed by atoms with Gasteiger partial charge >= 0.3 is 5.97 Å². The quantitative estimate of drug-likeness (QED) is 0.812. The number of hydrogen-bond donors (Lipinski definition) is 2. The maximum Gasteiger partial charge on any atom is 0.326 e. The van der Waals surface area contributed by atoms with Crippen LogP contribution >= 0.6 is 39.3 Å². The molecule has 0 saturated heterocycles. The van der Waals surface area contributed by atoms with Crippen molar-refractivity contribution in [3.05, 3.63) is 33.3 Å². The van der Waals surface area contributed by atoms with Gasteiger partial charge in [0.05, 0.1) is 5.56 Å². The number of halogens is 2. The summed E-state index contributed by atoms with van der Waals surface area (Å²) in [6.07, 6.45) is 2.27. The van der Waals surface area contributed by atoms with Crippen molar-refractivity contribution in [1.82, 2.24) is 5.32 Å². The van der Waals surface area contributed by atoms with Crippen molar-refractivity contribution in [2.45, 2.75) is 12.5 Å². The second-order valence-electron chi connectivity index (χ2n) is 3.77. The van der Waals surface area contributed by atoms with Crippen LogP contribution in [0.5, 0.6) is 0 Å². The minimum atomic E-state index is -1.03. The Hall–Kier alpha value is -0.720. The Bertz CT molecular complexity index is 484. The molecule has 0 bridgehead atoms.